The fraction of sp³-hybridized carbons (Fsp3) is 0. The summed E-state index contributed by atoms with van der Waals surface area (Å²) in [6.45, 7) is 0. The first-order chi connectivity index (χ1) is 46.6. The molecule has 0 aliphatic rings. The number of pyridine rings is 4. The molecule has 4 heterocycles. The van der Waals surface area contributed by atoms with E-state index < -0.39 is 23.9 Å². The molecular formula is C80H60Cd2Cl4N4O8. The second-order valence-corrected chi connectivity index (χ2v) is 21.0. The normalized spacial score (nSPS) is 9.84. The molecule has 0 unspecified atom stereocenters. The van der Waals surface area contributed by atoms with Crippen LogP contribution in [0, 0.1) is 0 Å². The van der Waals surface area contributed by atoms with Gasteiger partial charge in [0.15, 0.2) is 0 Å². The number of aromatic carboxylic acids is 4. The second kappa shape index (κ2) is 49.7. The summed E-state index contributed by atoms with van der Waals surface area (Å²) in [6, 6.07) is 80.1. The fourth-order valence-electron chi connectivity index (χ4n) is 7.27. The number of hydrogen-bond donors (Lipinski definition) is 0. The molecule has 0 fully saturated rings. The molecule has 0 spiro atoms. The van der Waals surface area contributed by atoms with E-state index >= 15 is 0 Å². The molecule has 98 heavy (non-hydrogen) atoms. The topological polar surface area (TPSA) is 212 Å². The smallest absolute Gasteiger partial charge is 0.545 e. The van der Waals surface area contributed by atoms with Crippen LogP contribution in [-0.4, -0.2) is 43.8 Å². The standard InChI is InChI=1S/4C13H11N.4C7H5ClO2.2Cd/c4*1-2-4-12(5-3-1)6-7-13-8-10-14-11-9-13;4*8-6-3-1-5(2-4-6)7(9)10;;/h4*1-11H;4*1-4H,(H,9,10);;/q;;;;;;;;2*+2/p-4/b4*7-6+;;;;;;. The third-order valence-electron chi connectivity index (χ3n) is 12.2. The van der Waals surface area contributed by atoms with E-state index in [1.165, 1.54) is 142 Å². The van der Waals surface area contributed by atoms with E-state index in [9.17, 15) is 39.6 Å². The second-order valence-electron chi connectivity index (χ2n) is 19.3. The van der Waals surface area contributed by atoms with Crippen molar-refractivity contribution in [3.8, 4) is 0 Å². The van der Waals surface area contributed by atoms with Crippen molar-refractivity contribution in [3.05, 3.63) is 403 Å². The molecule has 0 atom stereocenters. The van der Waals surface area contributed by atoms with E-state index in [4.69, 9.17) is 46.4 Å². The van der Waals surface area contributed by atoms with Gasteiger partial charge < -0.3 is 39.6 Å². The SMILES string of the molecule is C(=C\c1ccncc1)/c1ccccc1.C(=C\c1ccncc1)/c1ccccc1.C(=C\c1ccncc1)/c1ccccc1.C(=C\c1ccncc1)/c1ccccc1.O=C([O-])c1ccc(Cl)cc1.O=C([O-])c1ccc(Cl)cc1.O=C([O-])c1ccc(Cl)cc1.O=C([O-])c1ccc(Cl)cc1.[Cd+2].[Cd+2]. The van der Waals surface area contributed by atoms with Crippen LogP contribution in [-0.2, 0) is 54.6 Å². The van der Waals surface area contributed by atoms with E-state index in [1.807, 2.05) is 121 Å². The van der Waals surface area contributed by atoms with Gasteiger partial charge in [0.25, 0.3) is 0 Å². The van der Waals surface area contributed by atoms with Crippen LogP contribution in [0.2, 0.25) is 20.1 Å². The molecule has 12 rings (SSSR count). The fourth-order valence-corrected chi connectivity index (χ4v) is 7.77. The number of carboxylic acids is 4. The number of benzene rings is 8. The first kappa shape index (κ1) is 82.4. The van der Waals surface area contributed by atoms with Crippen LogP contribution in [0.25, 0.3) is 48.6 Å². The van der Waals surface area contributed by atoms with E-state index in [0.717, 1.165) is 0 Å². The minimum absolute atomic E-state index is 0. The van der Waals surface area contributed by atoms with Crippen LogP contribution in [0.4, 0.5) is 0 Å². The van der Waals surface area contributed by atoms with Crippen molar-refractivity contribution in [2.45, 2.75) is 0 Å². The average molecular weight is 1570 g/mol. The first-order valence-corrected chi connectivity index (χ1v) is 30.5. The van der Waals surface area contributed by atoms with Crippen LogP contribution in [0.5, 0.6) is 0 Å². The van der Waals surface area contributed by atoms with Crippen LogP contribution in [0.3, 0.4) is 0 Å². The summed E-state index contributed by atoms with van der Waals surface area (Å²) in [7, 11) is 0. The molecule has 18 heteroatoms. The number of carboxylic acid groups (broad SMARTS) is 4. The largest absolute Gasteiger partial charge is 2.00 e. The number of halogens is 4. The van der Waals surface area contributed by atoms with Crippen molar-refractivity contribution in [2.75, 3.05) is 0 Å². The summed E-state index contributed by atoms with van der Waals surface area (Å²) in [5, 5.41) is 42.7. The Morgan fingerprint density at radius 1 is 0.214 bits per heavy atom. The number of hydrogen-bond acceptors (Lipinski definition) is 12. The van der Waals surface area contributed by atoms with Gasteiger partial charge in [-0.15, -0.1) is 0 Å². The molecule has 12 nitrogen and oxygen atoms in total. The number of aromatic nitrogens is 4. The summed E-state index contributed by atoms with van der Waals surface area (Å²) >= 11 is 22.0. The third kappa shape index (κ3) is 36.9. The predicted molar refractivity (Wildman–Crippen MR) is 382 cm³/mol. The summed E-state index contributed by atoms with van der Waals surface area (Å²) < 4.78 is 0. The van der Waals surface area contributed by atoms with Gasteiger partial charge in [-0.2, -0.15) is 0 Å². The average Bonchev–Trinajstić information content (AvgIpc) is 2.81. The molecular weight excluding hydrogens is 1510 g/mol. The molecule has 0 N–H and O–H groups in total. The Morgan fingerprint density at radius 2 is 0.347 bits per heavy atom. The quantitative estimate of drug-likeness (QED) is 0.105. The first-order valence-electron chi connectivity index (χ1n) is 29.0. The summed E-state index contributed by atoms with van der Waals surface area (Å²) in [6.07, 6.45) is 31.1. The minimum atomic E-state index is -1.18. The molecule has 480 valence electrons. The van der Waals surface area contributed by atoms with Gasteiger partial charge in [0.2, 0.25) is 0 Å². The van der Waals surface area contributed by atoms with Crippen molar-refractivity contribution >= 4 is 119 Å². The van der Waals surface area contributed by atoms with E-state index in [1.54, 1.807) is 49.6 Å². The maximum atomic E-state index is 10.2. The van der Waals surface area contributed by atoms with Gasteiger partial charge in [0, 0.05) is 69.7 Å². The Kier molecular flexibility index (Phi) is 41.8. The van der Waals surface area contributed by atoms with Gasteiger partial charge in [0.05, 0.1) is 23.9 Å². The monoisotopic (exact) mass is 1570 g/mol. The zero-order chi connectivity index (χ0) is 68.8. The minimum Gasteiger partial charge on any atom is -0.545 e. The van der Waals surface area contributed by atoms with Crippen molar-refractivity contribution in [1.82, 2.24) is 19.9 Å². The third-order valence-corrected chi connectivity index (χ3v) is 13.2. The van der Waals surface area contributed by atoms with Gasteiger partial charge >= 0.3 is 54.6 Å². The Balaban J connectivity index is 0.000000292. The number of nitrogens with zero attached hydrogens (tertiary/aromatic N) is 4. The van der Waals surface area contributed by atoms with Gasteiger partial charge in [-0.25, -0.2) is 0 Å². The van der Waals surface area contributed by atoms with E-state index in [2.05, 4.69) is 117 Å². The van der Waals surface area contributed by atoms with Gasteiger partial charge in [-0.05, 0) is 164 Å². The maximum absolute atomic E-state index is 10.2. The Morgan fingerprint density at radius 3 is 0.480 bits per heavy atom. The van der Waals surface area contributed by atoms with Crippen molar-refractivity contribution in [1.29, 1.82) is 0 Å². The van der Waals surface area contributed by atoms with Gasteiger partial charge in [-0.3, -0.25) is 19.9 Å². The Bertz CT molecular complexity index is 3550. The number of rotatable bonds is 12. The molecule has 0 radical (unpaired) electrons. The molecule has 0 amide bonds. The molecule has 0 saturated heterocycles. The van der Waals surface area contributed by atoms with Gasteiger partial charge in [-0.1, -0.05) is 265 Å². The molecule has 0 saturated carbocycles. The van der Waals surface area contributed by atoms with Crippen LogP contribution >= 0.6 is 46.4 Å². The maximum Gasteiger partial charge on any atom is 2.00 e. The Hall–Kier alpha value is -9.80. The molecule has 0 bridgehead atoms. The summed E-state index contributed by atoms with van der Waals surface area (Å²) in [4.78, 5) is 56.5. The van der Waals surface area contributed by atoms with Crippen LogP contribution in [0.15, 0.2) is 316 Å². The molecule has 0 aliphatic carbocycles. The van der Waals surface area contributed by atoms with Crippen molar-refractivity contribution in [3.63, 3.8) is 0 Å². The van der Waals surface area contributed by atoms with Crippen LogP contribution in [0.1, 0.15) is 85.9 Å². The van der Waals surface area contributed by atoms with E-state index in [0.29, 0.717) is 20.1 Å². The Labute approximate surface area is 630 Å². The molecule has 12 aromatic rings. The number of carbonyl (C=O) groups excluding carboxylic acids is 4. The number of carbonyl (C=O) groups is 4. The molecule has 4 aromatic heterocycles. The zero-order valence-corrected chi connectivity index (χ0v) is 63.7. The molecule has 8 aromatic carbocycles. The predicted octanol–water partition coefficient (Wildman–Crippen LogP) is 15.8. The zero-order valence-electron chi connectivity index (χ0n) is 52.6. The van der Waals surface area contributed by atoms with Gasteiger partial charge in [0.1, 0.15) is 0 Å². The van der Waals surface area contributed by atoms with Crippen molar-refractivity contribution < 1.29 is 94.2 Å². The summed E-state index contributed by atoms with van der Waals surface area (Å²) in [5.74, 6) is -4.73. The van der Waals surface area contributed by atoms with Crippen LogP contribution < -0.4 is 20.4 Å². The van der Waals surface area contributed by atoms with E-state index in [-0.39, 0.29) is 76.9 Å². The van der Waals surface area contributed by atoms with Crippen molar-refractivity contribution in [2.24, 2.45) is 0 Å². The molecule has 0 aliphatic heterocycles. The summed E-state index contributed by atoms with van der Waals surface area (Å²) in [5.41, 5.74) is 10.1.